The van der Waals surface area contributed by atoms with Gasteiger partial charge in [0.2, 0.25) is 0 Å². The first-order chi connectivity index (χ1) is 8.15. The molecule has 3 aromatic heterocycles. The van der Waals surface area contributed by atoms with E-state index in [1.165, 1.54) is 0 Å². The minimum absolute atomic E-state index is 0.394. The first-order valence-electron chi connectivity index (χ1n) is 4.97. The summed E-state index contributed by atoms with van der Waals surface area (Å²) in [5.74, 6) is 2.02. The lowest BCUT2D eigenvalue weighted by Gasteiger charge is -2.00. The molecular formula is C10H8ClN5O. The van der Waals surface area contributed by atoms with Gasteiger partial charge in [-0.05, 0) is 13.8 Å². The van der Waals surface area contributed by atoms with E-state index in [1.54, 1.807) is 16.5 Å². The van der Waals surface area contributed by atoms with Crippen LogP contribution in [-0.2, 0) is 0 Å². The molecule has 0 unspecified atom stereocenters. The average molecular weight is 250 g/mol. The van der Waals surface area contributed by atoms with E-state index in [2.05, 4.69) is 20.3 Å². The van der Waals surface area contributed by atoms with Gasteiger partial charge in [-0.15, -0.1) is 10.2 Å². The predicted octanol–water partition coefficient (Wildman–Crippen LogP) is 2.05. The molecule has 6 nitrogen and oxygen atoms in total. The van der Waals surface area contributed by atoms with E-state index in [4.69, 9.17) is 16.1 Å². The number of halogens is 1. The molecule has 0 radical (unpaired) electrons. The molecule has 0 spiro atoms. The van der Waals surface area contributed by atoms with Gasteiger partial charge in [0.05, 0.1) is 0 Å². The van der Waals surface area contributed by atoms with E-state index in [0.29, 0.717) is 28.1 Å². The molecule has 3 heterocycles. The van der Waals surface area contributed by atoms with E-state index < -0.39 is 0 Å². The van der Waals surface area contributed by atoms with Crippen LogP contribution in [0, 0.1) is 13.8 Å². The predicted molar refractivity (Wildman–Crippen MR) is 60.8 cm³/mol. The summed E-state index contributed by atoms with van der Waals surface area (Å²) in [7, 11) is 0. The summed E-state index contributed by atoms with van der Waals surface area (Å²) in [6.07, 6.45) is 0. The molecule has 0 amide bonds. The highest BCUT2D eigenvalue weighted by atomic mass is 35.5. The highest BCUT2D eigenvalue weighted by Crippen LogP contribution is 2.20. The van der Waals surface area contributed by atoms with Gasteiger partial charge < -0.3 is 4.52 Å². The first kappa shape index (κ1) is 10.2. The molecule has 86 valence electrons. The second kappa shape index (κ2) is 3.53. The molecule has 0 saturated carbocycles. The minimum Gasteiger partial charge on any atom is -0.361 e. The standard InChI is InChI=1S/C10H8ClN5O/c1-5-3-7(15-17-5)10-14-13-9-4-8(11)12-6(2)16(9)10/h3-4H,1-2H3. The van der Waals surface area contributed by atoms with Crippen LogP contribution in [0.5, 0.6) is 0 Å². The Morgan fingerprint density at radius 2 is 2.06 bits per heavy atom. The Kier molecular flexibility index (Phi) is 2.12. The molecule has 0 aromatic carbocycles. The third kappa shape index (κ3) is 1.57. The fourth-order valence-corrected chi connectivity index (χ4v) is 1.91. The van der Waals surface area contributed by atoms with Crippen molar-refractivity contribution in [1.82, 2.24) is 24.7 Å². The summed E-state index contributed by atoms with van der Waals surface area (Å²) in [5, 5.41) is 12.4. The molecule has 0 N–H and O–H groups in total. The van der Waals surface area contributed by atoms with Crippen molar-refractivity contribution in [2.24, 2.45) is 0 Å². The van der Waals surface area contributed by atoms with Gasteiger partial charge >= 0.3 is 0 Å². The van der Waals surface area contributed by atoms with Gasteiger partial charge in [0.1, 0.15) is 16.7 Å². The largest absolute Gasteiger partial charge is 0.361 e. The van der Waals surface area contributed by atoms with Crippen LogP contribution in [0.15, 0.2) is 16.7 Å². The maximum atomic E-state index is 5.86. The van der Waals surface area contributed by atoms with Crippen LogP contribution in [0.1, 0.15) is 11.6 Å². The second-order valence-corrected chi connectivity index (χ2v) is 4.05. The lowest BCUT2D eigenvalue weighted by atomic mass is 10.3. The SMILES string of the molecule is Cc1cc(-c2nnc3cc(Cl)nc(C)n23)no1. The molecule has 3 rings (SSSR count). The van der Waals surface area contributed by atoms with Crippen molar-refractivity contribution in [3.8, 4) is 11.5 Å². The van der Waals surface area contributed by atoms with Gasteiger partial charge in [0.15, 0.2) is 17.2 Å². The lowest BCUT2D eigenvalue weighted by Crippen LogP contribution is -1.98. The van der Waals surface area contributed by atoms with Crippen LogP contribution in [0.2, 0.25) is 5.15 Å². The summed E-state index contributed by atoms with van der Waals surface area (Å²) >= 11 is 5.86. The molecule has 0 aliphatic rings. The average Bonchev–Trinajstić information content (AvgIpc) is 2.83. The van der Waals surface area contributed by atoms with E-state index in [9.17, 15) is 0 Å². The summed E-state index contributed by atoms with van der Waals surface area (Å²) in [5.41, 5.74) is 1.26. The van der Waals surface area contributed by atoms with Crippen LogP contribution in [-0.4, -0.2) is 24.7 Å². The second-order valence-electron chi connectivity index (χ2n) is 3.67. The van der Waals surface area contributed by atoms with Crippen LogP contribution in [0.3, 0.4) is 0 Å². The van der Waals surface area contributed by atoms with E-state index in [0.717, 1.165) is 5.76 Å². The van der Waals surface area contributed by atoms with Gasteiger partial charge in [-0.1, -0.05) is 16.8 Å². The van der Waals surface area contributed by atoms with E-state index in [1.807, 2.05) is 13.8 Å². The number of rotatable bonds is 1. The van der Waals surface area contributed by atoms with Crippen molar-refractivity contribution in [1.29, 1.82) is 0 Å². The highest BCUT2D eigenvalue weighted by molar-refractivity contribution is 6.29. The van der Waals surface area contributed by atoms with Crippen molar-refractivity contribution >= 4 is 17.2 Å². The fourth-order valence-electron chi connectivity index (χ4n) is 1.69. The van der Waals surface area contributed by atoms with E-state index in [-0.39, 0.29) is 0 Å². The van der Waals surface area contributed by atoms with Crippen LogP contribution in [0.4, 0.5) is 0 Å². The van der Waals surface area contributed by atoms with E-state index >= 15 is 0 Å². The van der Waals surface area contributed by atoms with Gasteiger partial charge in [0.25, 0.3) is 0 Å². The Balaban J connectivity index is 2.31. The number of fused-ring (bicyclic) bond motifs is 1. The molecule has 17 heavy (non-hydrogen) atoms. The van der Waals surface area contributed by atoms with Gasteiger partial charge in [-0.2, -0.15) is 0 Å². The molecule has 0 aliphatic carbocycles. The molecule has 3 aromatic rings. The zero-order chi connectivity index (χ0) is 12.0. The van der Waals surface area contributed by atoms with Crippen molar-refractivity contribution < 1.29 is 4.52 Å². The molecule has 0 aliphatic heterocycles. The molecular weight excluding hydrogens is 242 g/mol. The molecule has 0 atom stereocenters. The van der Waals surface area contributed by atoms with Crippen molar-refractivity contribution in [3.63, 3.8) is 0 Å². The van der Waals surface area contributed by atoms with Gasteiger partial charge in [-0.3, -0.25) is 4.40 Å². The molecule has 0 fully saturated rings. The lowest BCUT2D eigenvalue weighted by molar-refractivity contribution is 0.399. The van der Waals surface area contributed by atoms with Crippen LogP contribution >= 0.6 is 11.6 Å². The topological polar surface area (TPSA) is 69.1 Å². The number of aryl methyl sites for hydroxylation is 2. The summed E-state index contributed by atoms with van der Waals surface area (Å²) in [6, 6.07) is 3.45. The monoisotopic (exact) mass is 249 g/mol. The number of hydrogen-bond acceptors (Lipinski definition) is 5. The quantitative estimate of drug-likeness (QED) is 0.618. The zero-order valence-corrected chi connectivity index (χ0v) is 9.93. The van der Waals surface area contributed by atoms with Crippen LogP contribution < -0.4 is 0 Å². The molecule has 0 saturated heterocycles. The van der Waals surface area contributed by atoms with Gasteiger partial charge in [0, 0.05) is 12.1 Å². The Bertz CT molecular complexity index is 702. The normalized spacial score (nSPS) is 11.2. The summed E-state index contributed by atoms with van der Waals surface area (Å²) < 4.78 is 6.80. The Morgan fingerprint density at radius 1 is 1.24 bits per heavy atom. The number of aromatic nitrogens is 5. The molecule has 0 bridgehead atoms. The Hall–Kier alpha value is -1.95. The van der Waals surface area contributed by atoms with Crippen molar-refractivity contribution in [2.45, 2.75) is 13.8 Å². The number of hydrogen-bond donors (Lipinski definition) is 0. The van der Waals surface area contributed by atoms with Crippen LogP contribution in [0.25, 0.3) is 17.2 Å². The fraction of sp³-hybridized carbons (Fsp3) is 0.200. The first-order valence-corrected chi connectivity index (χ1v) is 5.35. The minimum atomic E-state index is 0.394. The third-order valence-electron chi connectivity index (χ3n) is 2.39. The number of nitrogens with zero attached hydrogens (tertiary/aromatic N) is 5. The smallest absolute Gasteiger partial charge is 0.192 e. The third-order valence-corrected chi connectivity index (χ3v) is 2.58. The summed E-state index contributed by atoms with van der Waals surface area (Å²) in [6.45, 7) is 3.65. The highest BCUT2D eigenvalue weighted by Gasteiger charge is 2.14. The molecule has 7 heteroatoms. The zero-order valence-electron chi connectivity index (χ0n) is 9.18. The van der Waals surface area contributed by atoms with Crippen molar-refractivity contribution in [3.05, 3.63) is 28.9 Å². The maximum Gasteiger partial charge on any atom is 0.192 e. The summed E-state index contributed by atoms with van der Waals surface area (Å²) in [4.78, 5) is 4.16. The Morgan fingerprint density at radius 3 is 2.76 bits per heavy atom. The van der Waals surface area contributed by atoms with Gasteiger partial charge in [-0.25, -0.2) is 4.98 Å². The van der Waals surface area contributed by atoms with Crippen molar-refractivity contribution in [2.75, 3.05) is 0 Å². The Labute approximate surface area is 101 Å². The maximum absolute atomic E-state index is 5.86.